The second-order valence-corrected chi connectivity index (χ2v) is 7.81. The fourth-order valence-corrected chi connectivity index (χ4v) is 3.99. The first-order valence-electron chi connectivity index (χ1n) is 9.71. The van der Waals surface area contributed by atoms with Crippen LogP contribution in [-0.2, 0) is 17.3 Å². The highest BCUT2D eigenvalue weighted by molar-refractivity contribution is 7.09. The zero-order valence-corrected chi connectivity index (χ0v) is 17.8. The summed E-state index contributed by atoms with van der Waals surface area (Å²) in [4.78, 5) is 10.1. The van der Waals surface area contributed by atoms with Gasteiger partial charge in [-0.25, -0.2) is 4.98 Å². The van der Waals surface area contributed by atoms with E-state index < -0.39 is 11.9 Å². The van der Waals surface area contributed by atoms with Gasteiger partial charge in [0.15, 0.2) is 11.7 Å². The van der Waals surface area contributed by atoms with E-state index in [1.54, 1.807) is 7.05 Å². The number of hydrogen-bond donors (Lipinski definition) is 2. The maximum Gasteiger partial charge on any atom is 0.434 e. The third-order valence-corrected chi connectivity index (χ3v) is 5.64. The quantitative estimate of drug-likeness (QED) is 0.504. The largest absolute Gasteiger partial charge is 0.465 e. The van der Waals surface area contributed by atoms with Gasteiger partial charge in [0.1, 0.15) is 11.5 Å². The van der Waals surface area contributed by atoms with Crippen molar-refractivity contribution in [1.82, 2.24) is 20.5 Å². The molecular weight excluding hydrogens is 419 g/mol. The Bertz CT molecular complexity index is 830. The number of rotatable bonds is 7. The van der Waals surface area contributed by atoms with Crippen LogP contribution in [0.5, 0.6) is 0 Å². The van der Waals surface area contributed by atoms with Crippen LogP contribution in [0.3, 0.4) is 0 Å². The molecule has 1 fully saturated rings. The number of morpholine rings is 1. The Balaban J connectivity index is 1.52. The number of furan rings is 1. The Labute approximate surface area is 177 Å². The Morgan fingerprint density at radius 3 is 2.67 bits per heavy atom. The van der Waals surface area contributed by atoms with Gasteiger partial charge in [0, 0.05) is 45.0 Å². The Hall–Kier alpha value is -2.11. The van der Waals surface area contributed by atoms with Crippen molar-refractivity contribution in [2.45, 2.75) is 25.6 Å². The number of guanidine groups is 1. The summed E-state index contributed by atoms with van der Waals surface area (Å²) in [6.45, 7) is 5.88. The van der Waals surface area contributed by atoms with Crippen molar-refractivity contribution in [3.05, 3.63) is 39.7 Å². The number of halogens is 3. The van der Waals surface area contributed by atoms with Crippen molar-refractivity contribution in [3.63, 3.8) is 0 Å². The molecule has 30 heavy (non-hydrogen) atoms. The highest BCUT2D eigenvalue weighted by atomic mass is 32.1. The summed E-state index contributed by atoms with van der Waals surface area (Å²) in [6, 6.07) is 3.95. The molecule has 1 unspecified atom stereocenters. The predicted molar refractivity (Wildman–Crippen MR) is 109 cm³/mol. The van der Waals surface area contributed by atoms with Crippen molar-refractivity contribution in [2.24, 2.45) is 4.99 Å². The molecule has 0 aromatic carbocycles. The van der Waals surface area contributed by atoms with E-state index in [1.807, 2.05) is 19.1 Å². The van der Waals surface area contributed by atoms with Crippen molar-refractivity contribution >= 4 is 17.3 Å². The summed E-state index contributed by atoms with van der Waals surface area (Å²) < 4.78 is 49.3. The minimum absolute atomic E-state index is 0.0226. The number of nitrogens with zero attached hydrogens (tertiary/aromatic N) is 3. The zero-order valence-electron chi connectivity index (χ0n) is 17.0. The van der Waals surface area contributed by atoms with Crippen LogP contribution in [0.25, 0.3) is 0 Å². The smallest absolute Gasteiger partial charge is 0.434 e. The Kier molecular flexibility index (Phi) is 7.73. The summed E-state index contributed by atoms with van der Waals surface area (Å²) in [5.41, 5.74) is -0.841. The molecule has 1 aliphatic rings. The van der Waals surface area contributed by atoms with Crippen LogP contribution in [0.1, 0.15) is 28.3 Å². The molecule has 7 nitrogen and oxygen atoms in total. The third-order valence-electron chi connectivity index (χ3n) is 4.74. The fraction of sp³-hybridized carbons (Fsp3) is 0.579. The van der Waals surface area contributed by atoms with Crippen LogP contribution >= 0.6 is 11.3 Å². The molecule has 0 saturated carbocycles. The van der Waals surface area contributed by atoms with E-state index in [0.29, 0.717) is 43.7 Å². The van der Waals surface area contributed by atoms with Gasteiger partial charge in [0.2, 0.25) is 0 Å². The minimum atomic E-state index is -4.40. The SMILES string of the molecule is CN=C(NCCc1nc(C(F)(F)F)cs1)NCC(c1ccc(C)o1)N1CCOCC1. The maximum atomic E-state index is 12.7. The lowest BCUT2D eigenvalue weighted by Crippen LogP contribution is -2.46. The van der Waals surface area contributed by atoms with Crippen molar-refractivity contribution in [1.29, 1.82) is 0 Å². The molecule has 2 aromatic heterocycles. The lowest BCUT2D eigenvalue weighted by Gasteiger charge is -2.33. The van der Waals surface area contributed by atoms with E-state index in [2.05, 4.69) is 25.5 Å². The number of aryl methyl sites for hydroxylation is 1. The van der Waals surface area contributed by atoms with E-state index in [-0.39, 0.29) is 6.04 Å². The normalized spacial score (nSPS) is 17.2. The van der Waals surface area contributed by atoms with Crippen molar-refractivity contribution < 1.29 is 22.3 Å². The topological polar surface area (TPSA) is 74.9 Å². The van der Waals surface area contributed by atoms with E-state index in [9.17, 15) is 13.2 Å². The molecule has 3 heterocycles. The monoisotopic (exact) mass is 445 g/mol. The van der Waals surface area contributed by atoms with Gasteiger partial charge in [0.05, 0.1) is 24.3 Å². The van der Waals surface area contributed by atoms with Gasteiger partial charge >= 0.3 is 6.18 Å². The molecule has 2 N–H and O–H groups in total. The molecule has 11 heteroatoms. The standard InChI is InChI=1S/C19H26F3N5O2S/c1-13-3-4-15(29-13)14(27-7-9-28-10-8-27)11-25-18(23-2)24-6-5-17-26-16(12-30-17)19(20,21)22/h3-4,12,14H,5-11H2,1-2H3,(H2,23,24,25). The first-order chi connectivity index (χ1) is 14.4. The average Bonchev–Trinajstić information content (AvgIpc) is 3.37. The second-order valence-electron chi connectivity index (χ2n) is 6.87. The first kappa shape index (κ1) is 22.6. The Morgan fingerprint density at radius 1 is 1.30 bits per heavy atom. The van der Waals surface area contributed by atoms with Crippen LogP contribution < -0.4 is 10.6 Å². The molecule has 1 aliphatic heterocycles. The number of aliphatic imine (C=N–C) groups is 1. The predicted octanol–water partition coefficient (Wildman–Crippen LogP) is 2.84. The van der Waals surface area contributed by atoms with Gasteiger partial charge in [-0.15, -0.1) is 11.3 Å². The third kappa shape index (κ3) is 6.19. The number of hydrogen-bond acceptors (Lipinski definition) is 6. The van der Waals surface area contributed by atoms with E-state index >= 15 is 0 Å². The highest BCUT2D eigenvalue weighted by Gasteiger charge is 2.33. The molecule has 1 atom stereocenters. The fourth-order valence-electron chi connectivity index (χ4n) is 3.19. The second kappa shape index (κ2) is 10.3. The number of ether oxygens (including phenoxy) is 1. The number of nitrogens with one attached hydrogen (secondary N) is 2. The molecule has 2 aromatic rings. The van der Waals surface area contributed by atoms with Crippen LogP contribution in [-0.4, -0.2) is 62.3 Å². The van der Waals surface area contributed by atoms with Crippen LogP contribution in [0.4, 0.5) is 13.2 Å². The highest BCUT2D eigenvalue weighted by Crippen LogP contribution is 2.30. The molecule has 3 rings (SSSR count). The van der Waals surface area contributed by atoms with Gasteiger partial charge in [0.25, 0.3) is 0 Å². The maximum absolute atomic E-state index is 12.7. The van der Waals surface area contributed by atoms with Crippen molar-refractivity contribution in [3.8, 4) is 0 Å². The number of aromatic nitrogens is 1. The lowest BCUT2D eigenvalue weighted by molar-refractivity contribution is -0.140. The van der Waals surface area contributed by atoms with Crippen LogP contribution in [0.15, 0.2) is 26.9 Å². The minimum Gasteiger partial charge on any atom is -0.465 e. The molecule has 0 aliphatic carbocycles. The molecule has 1 saturated heterocycles. The molecule has 0 amide bonds. The zero-order chi connectivity index (χ0) is 21.6. The van der Waals surface area contributed by atoms with Gasteiger partial charge < -0.3 is 19.8 Å². The summed E-state index contributed by atoms with van der Waals surface area (Å²) in [5, 5.41) is 7.90. The van der Waals surface area contributed by atoms with E-state index in [0.717, 1.165) is 41.3 Å². The summed E-state index contributed by atoms with van der Waals surface area (Å²) in [7, 11) is 1.65. The molecule has 0 radical (unpaired) electrons. The van der Waals surface area contributed by atoms with E-state index in [1.165, 1.54) is 0 Å². The summed E-state index contributed by atoms with van der Waals surface area (Å²) in [5.74, 6) is 2.30. The van der Waals surface area contributed by atoms with Gasteiger partial charge in [-0.1, -0.05) is 0 Å². The first-order valence-corrected chi connectivity index (χ1v) is 10.6. The number of alkyl halides is 3. The summed E-state index contributed by atoms with van der Waals surface area (Å²) in [6.07, 6.45) is -4.02. The molecule has 0 spiro atoms. The van der Waals surface area contributed by atoms with Crippen LogP contribution in [0.2, 0.25) is 0 Å². The van der Waals surface area contributed by atoms with Gasteiger partial charge in [-0.3, -0.25) is 9.89 Å². The molecule has 166 valence electrons. The lowest BCUT2D eigenvalue weighted by atomic mass is 10.1. The van der Waals surface area contributed by atoms with Crippen LogP contribution in [0, 0.1) is 6.92 Å². The number of thiazole rings is 1. The molecular formula is C19H26F3N5O2S. The average molecular weight is 446 g/mol. The Morgan fingerprint density at radius 2 is 2.07 bits per heavy atom. The van der Waals surface area contributed by atoms with Gasteiger partial charge in [-0.2, -0.15) is 13.2 Å². The van der Waals surface area contributed by atoms with Crippen molar-refractivity contribution in [2.75, 3.05) is 46.4 Å². The molecule has 0 bridgehead atoms. The summed E-state index contributed by atoms with van der Waals surface area (Å²) >= 11 is 1.01. The van der Waals surface area contributed by atoms with Gasteiger partial charge in [-0.05, 0) is 19.1 Å². The van der Waals surface area contributed by atoms with E-state index in [4.69, 9.17) is 9.15 Å².